The summed E-state index contributed by atoms with van der Waals surface area (Å²) in [6.07, 6.45) is 2.84. The topological polar surface area (TPSA) is 74.2 Å². The molecule has 5 nitrogen and oxygen atoms in total. The molecular formula is C16H24N4O. The van der Waals surface area contributed by atoms with Crippen molar-refractivity contribution in [3.05, 3.63) is 30.0 Å². The van der Waals surface area contributed by atoms with Crippen LogP contribution in [0, 0.1) is 0 Å². The third-order valence-corrected chi connectivity index (χ3v) is 4.04. The summed E-state index contributed by atoms with van der Waals surface area (Å²) in [7, 11) is 2.08. The molecule has 1 heterocycles. The van der Waals surface area contributed by atoms with Crippen LogP contribution in [-0.2, 0) is 0 Å². The third kappa shape index (κ3) is 3.55. The lowest BCUT2D eigenvalue weighted by Gasteiger charge is -2.23. The normalized spacial score (nSPS) is 12.8. The average molecular weight is 288 g/mol. The largest absolute Gasteiger partial charge is 0.399 e. The van der Waals surface area contributed by atoms with Crippen LogP contribution in [0.1, 0.15) is 30.6 Å². The molecule has 0 fully saturated rings. The van der Waals surface area contributed by atoms with E-state index in [0.717, 1.165) is 23.9 Å². The summed E-state index contributed by atoms with van der Waals surface area (Å²) < 4.78 is 0. The van der Waals surface area contributed by atoms with Gasteiger partial charge in [0.25, 0.3) is 5.91 Å². The minimum Gasteiger partial charge on any atom is -0.399 e. The van der Waals surface area contributed by atoms with Gasteiger partial charge in [0.05, 0.1) is 5.56 Å². The minimum absolute atomic E-state index is 0.0654. The van der Waals surface area contributed by atoms with Gasteiger partial charge in [0.1, 0.15) is 0 Å². The maximum Gasteiger partial charge on any atom is 0.253 e. The van der Waals surface area contributed by atoms with E-state index >= 15 is 0 Å². The smallest absolute Gasteiger partial charge is 0.253 e. The number of H-pyrrole nitrogens is 1. The monoisotopic (exact) mass is 288 g/mol. The Kier molecular flexibility index (Phi) is 4.85. The van der Waals surface area contributed by atoms with Gasteiger partial charge in [-0.15, -0.1) is 0 Å². The summed E-state index contributed by atoms with van der Waals surface area (Å²) in [5.74, 6) is -0.0654. The van der Waals surface area contributed by atoms with E-state index < -0.39 is 0 Å². The Hall–Kier alpha value is -2.01. The van der Waals surface area contributed by atoms with Crippen molar-refractivity contribution in [2.75, 3.05) is 25.9 Å². The van der Waals surface area contributed by atoms with E-state index in [0.29, 0.717) is 23.8 Å². The molecule has 1 aromatic heterocycles. The first-order valence-corrected chi connectivity index (χ1v) is 7.38. The van der Waals surface area contributed by atoms with Crippen molar-refractivity contribution in [2.24, 2.45) is 0 Å². The standard InChI is InChI=1S/C16H24N4O/c1-4-11(2)20(3)8-7-18-16(21)14-10-19-15-6-5-12(17)9-13(14)15/h5-6,9-11,19H,4,7-8,17H2,1-3H3,(H,18,21). The summed E-state index contributed by atoms with van der Waals surface area (Å²) in [4.78, 5) is 17.6. The van der Waals surface area contributed by atoms with Crippen molar-refractivity contribution in [1.82, 2.24) is 15.2 Å². The van der Waals surface area contributed by atoms with E-state index in [-0.39, 0.29) is 5.91 Å². The fraction of sp³-hybridized carbons (Fsp3) is 0.438. The summed E-state index contributed by atoms with van der Waals surface area (Å²) in [5, 5.41) is 3.83. The van der Waals surface area contributed by atoms with Gasteiger partial charge in [-0.2, -0.15) is 0 Å². The van der Waals surface area contributed by atoms with Gasteiger partial charge in [-0.25, -0.2) is 0 Å². The number of carbonyl (C=O) groups excluding carboxylic acids is 1. The molecular weight excluding hydrogens is 264 g/mol. The lowest BCUT2D eigenvalue weighted by Crippen LogP contribution is -2.37. The van der Waals surface area contributed by atoms with Gasteiger partial charge < -0.3 is 20.9 Å². The van der Waals surface area contributed by atoms with Crippen LogP contribution in [0.25, 0.3) is 10.9 Å². The summed E-state index contributed by atoms with van der Waals surface area (Å²) >= 11 is 0. The molecule has 0 spiro atoms. The van der Waals surface area contributed by atoms with Gasteiger partial charge in [-0.1, -0.05) is 6.92 Å². The Morgan fingerprint density at radius 1 is 1.48 bits per heavy atom. The van der Waals surface area contributed by atoms with Crippen LogP contribution in [0.5, 0.6) is 0 Å². The maximum absolute atomic E-state index is 12.3. The predicted molar refractivity (Wildman–Crippen MR) is 87.4 cm³/mol. The Labute approximate surface area is 125 Å². The van der Waals surface area contributed by atoms with Gasteiger partial charge in [-0.05, 0) is 38.6 Å². The van der Waals surface area contributed by atoms with Crippen LogP contribution in [0.15, 0.2) is 24.4 Å². The first kappa shape index (κ1) is 15.4. The lowest BCUT2D eigenvalue weighted by molar-refractivity contribution is 0.0949. The number of aromatic nitrogens is 1. The summed E-state index contributed by atoms with van der Waals surface area (Å²) in [5.41, 5.74) is 8.01. The average Bonchev–Trinajstić information content (AvgIpc) is 2.89. The highest BCUT2D eigenvalue weighted by Gasteiger charge is 2.12. The molecule has 1 amide bonds. The highest BCUT2D eigenvalue weighted by Crippen LogP contribution is 2.20. The molecule has 0 aliphatic rings. The number of nitrogens with one attached hydrogen (secondary N) is 2. The minimum atomic E-state index is -0.0654. The lowest BCUT2D eigenvalue weighted by atomic mass is 10.1. The molecule has 2 aromatic rings. The molecule has 5 heteroatoms. The van der Waals surface area contributed by atoms with Crippen molar-refractivity contribution in [3.63, 3.8) is 0 Å². The maximum atomic E-state index is 12.3. The molecule has 0 saturated carbocycles. The number of amides is 1. The van der Waals surface area contributed by atoms with Gasteiger partial charge >= 0.3 is 0 Å². The fourth-order valence-electron chi connectivity index (χ4n) is 2.30. The van der Waals surface area contributed by atoms with Crippen molar-refractivity contribution in [3.8, 4) is 0 Å². The van der Waals surface area contributed by atoms with E-state index in [2.05, 4.69) is 36.1 Å². The third-order valence-electron chi connectivity index (χ3n) is 4.04. The van der Waals surface area contributed by atoms with Gasteiger partial charge in [-0.3, -0.25) is 4.79 Å². The number of hydrogen-bond acceptors (Lipinski definition) is 3. The number of likely N-dealkylation sites (N-methyl/N-ethyl adjacent to an activating group) is 1. The highest BCUT2D eigenvalue weighted by molar-refractivity contribution is 6.07. The molecule has 0 saturated heterocycles. The molecule has 0 aliphatic heterocycles. The van der Waals surface area contributed by atoms with Crippen molar-refractivity contribution in [2.45, 2.75) is 26.3 Å². The van der Waals surface area contributed by atoms with Gasteiger partial charge in [0.2, 0.25) is 0 Å². The fourth-order valence-corrected chi connectivity index (χ4v) is 2.30. The summed E-state index contributed by atoms with van der Waals surface area (Å²) in [6, 6.07) is 6.06. The SMILES string of the molecule is CCC(C)N(C)CCNC(=O)c1c[nH]c2ccc(N)cc12. The van der Waals surface area contributed by atoms with Crippen molar-refractivity contribution in [1.29, 1.82) is 0 Å². The molecule has 4 N–H and O–H groups in total. The van der Waals surface area contributed by atoms with Gasteiger partial charge in [0, 0.05) is 41.9 Å². The number of nitrogens with two attached hydrogens (primary N) is 1. The number of nitrogens with zero attached hydrogens (tertiary/aromatic N) is 1. The molecule has 0 bridgehead atoms. The first-order chi connectivity index (χ1) is 10.0. The van der Waals surface area contributed by atoms with Gasteiger partial charge in [0.15, 0.2) is 0 Å². The van der Waals surface area contributed by atoms with Crippen LogP contribution in [0.2, 0.25) is 0 Å². The van der Waals surface area contributed by atoms with E-state index in [1.165, 1.54) is 0 Å². The highest BCUT2D eigenvalue weighted by atomic mass is 16.1. The van der Waals surface area contributed by atoms with E-state index in [1.54, 1.807) is 6.20 Å². The van der Waals surface area contributed by atoms with Crippen LogP contribution in [0.4, 0.5) is 5.69 Å². The zero-order chi connectivity index (χ0) is 15.4. The predicted octanol–water partition coefficient (Wildman–Crippen LogP) is 2.21. The number of hydrogen-bond donors (Lipinski definition) is 3. The Morgan fingerprint density at radius 2 is 2.24 bits per heavy atom. The van der Waals surface area contributed by atoms with Crippen molar-refractivity contribution < 1.29 is 4.79 Å². The van der Waals surface area contributed by atoms with E-state index in [1.807, 2.05) is 18.2 Å². The number of anilines is 1. The zero-order valence-electron chi connectivity index (χ0n) is 12.9. The zero-order valence-corrected chi connectivity index (χ0v) is 12.9. The number of fused-ring (bicyclic) bond motifs is 1. The Morgan fingerprint density at radius 3 is 2.95 bits per heavy atom. The number of carbonyl (C=O) groups is 1. The van der Waals surface area contributed by atoms with Crippen LogP contribution < -0.4 is 11.1 Å². The molecule has 0 aliphatic carbocycles. The number of aromatic amines is 1. The molecule has 1 aromatic carbocycles. The first-order valence-electron chi connectivity index (χ1n) is 7.38. The molecule has 0 radical (unpaired) electrons. The number of rotatable bonds is 6. The second kappa shape index (κ2) is 6.63. The van der Waals surface area contributed by atoms with Crippen LogP contribution >= 0.6 is 0 Å². The molecule has 21 heavy (non-hydrogen) atoms. The van der Waals surface area contributed by atoms with Crippen molar-refractivity contribution >= 4 is 22.5 Å². The van der Waals surface area contributed by atoms with E-state index in [4.69, 9.17) is 5.73 Å². The van der Waals surface area contributed by atoms with E-state index in [9.17, 15) is 4.79 Å². The van der Waals surface area contributed by atoms with Crippen LogP contribution in [0.3, 0.4) is 0 Å². The number of benzene rings is 1. The molecule has 1 unspecified atom stereocenters. The summed E-state index contributed by atoms with van der Waals surface area (Å²) in [6.45, 7) is 5.82. The second-order valence-electron chi connectivity index (χ2n) is 5.50. The quantitative estimate of drug-likeness (QED) is 0.713. The van der Waals surface area contributed by atoms with Crippen LogP contribution in [-0.4, -0.2) is 42.0 Å². The molecule has 2 rings (SSSR count). The molecule has 1 atom stereocenters. The number of nitrogen functional groups attached to an aromatic ring is 1. The Balaban J connectivity index is 1.98. The molecule has 114 valence electrons. The second-order valence-corrected chi connectivity index (χ2v) is 5.50. The Bertz CT molecular complexity index is 620.